The smallest absolute Gasteiger partial charge is 0.0542 e. The number of H-pyrrole nitrogens is 1. The zero-order valence-corrected chi connectivity index (χ0v) is 58.3. The molecule has 12 aromatic carbocycles. The van der Waals surface area contributed by atoms with Gasteiger partial charge in [-0.15, -0.1) is 22.7 Å². The Kier molecular flexibility index (Phi) is 12.7. The molecule has 99 heavy (non-hydrogen) atoms. The van der Waals surface area contributed by atoms with Gasteiger partial charge in [-0.25, -0.2) is 0 Å². The number of rotatable bonds is 3. The summed E-state index contributed by atoms with van der Waals surface area (Å²) in [6.07, 6.45) is 14.2. The van der Waals surface area contributed by atoms with E-state index in [4.69, 9.17) is 0 Å². The molecule has 2 aliphatic heterocycles. The van der Waals surface area contributed by atoms with Crippen LogP contribution in [0, 0.1) is 47.3 Å². The Morgan fingerprint density at radius 1 is 0.293 bits per heavy atom. The molecule has 0 saturated heterocycles. The normalized spacial score (nSPS) is 22.9. The molecule has 16 aromatic rings. The monoisotopic (exact) mass is 1380 g/mol. The fraction of sp³-hybridized carbons (Fsp3) is 0.217. The molecule has 10 aliphatic rings. The second-order valence-corrected chi connectivity index (χ2v) is 33.6. The fourth-order valence-corrected chi connectivity index (χ4v) is 25.2. The lowest BCUT2D eigenvalue weighted by Gasteiger charge is -2.64. The summed E-state index contributed by atoms with van der Waals surface area (Å²) in [7, 11) is 0. The van der Waals surface area contributed by atoms with Gasteiger partial charge in [0.1, 0.15) is 0 Å². The molecule has 8 fully saturated rings. The summed E-state index contributed by atoms with van der Waals surface area (Å²) in [6.45, 7) is 0. The van der Waals surface area contributed by atoms with E-state index in [1.807, 2.05) is 22.7 Å². The first-order valence-corrected chi connectivity index (χ1v) is 38.8. The van der Waals surface area contributed by atoms with Gasteiger partial charge in [0.05, 0.1) is 33.8 Å². The summed E-state index contributed by atoms with van der Waals surface area (Å²) in [5.74, 6) is 6.81. The van der Waals surface area contributed by atoms with Crippen LogP contribution in [-0.2, 0) is 10.8 Å². The summed E-state index contributed by atoms with van der Waals surface area (Å²) >= 11 is 7.24. The largest absolute Gasteiger partial charge is 0.355 e. The molecule has 4 aromatic heterocycles. The maximum atomic E-state index is 3.61. The lowest BCUT2D eigenvalue weighted by molar-refractivity contribution is -0.0419. The van der Waals surface area contributed by atoms with Gasteiger partial charge in [0.25, 0.3) is 0 Å². The highest BCUT2D eigenvalue weighted by molar-refractivity contribution is 9.10. The van der Waals surface area contributed by atoms with Crippen molar-refractivity contribution >= 4 is 157 Å². The Morgan fingerprint density at radius 3 is 1.20 bits per heavy atom. The van der Waals surface area contributed by atoms with Crippen LogP contribution in [0.4, 0.5) is 34.1 Å². The molecule has 4 nitrogen and oxygen atoms in total. The number of hydrogen-bond donors (Lipinski definition) is 1. The molecular formula is C92H73BrN4S2. The number of nitrogens with zero attached hydrogens (tertiary/aromatic N) is 3. The number of fused-ring (bicyclic) bond motifs is 16. The number of nitrogens with one attached hydrogen (secondary N) is 1. The first kappa shape index (κ1) is 57.6. The number of hydrogen-bond acceptors (Lipinski definition) is 4. The number of halogens is 1. The van der Waals surface area contributed by atoms with Gasteiger partial charge in [0, 0.05) is 105 Å². The number of aromatic nitrogens is 2. The van der Waals surface area contributed by atoms with Crippen molar-refractivity contribution in [3.63, 3.8) is 0 Å². The molecule has 26 rings (SSSR count). The van der Waals surface area contributed by atoms with Crippen LogP contribution < -0.4 is 9.80 Å². The van der Waals surface area contributed by atoms with E-state index in [9.17, 15) is 0 Å². The van der Waals surface area contributed by atoms with Crippen molar-refractivity contribution in [3.05, 3.63) is 294 Å². The second kappa shape index (κ2) is 21.9. The number of aromatic amines is 1. The summed E-state index contributed by atoms with van der Waals surface area (Å²) in [5.41, 5.74) is 20.8. The highest BCUT2D eigenvalue weighted by atomic mass is 79.9. The maximum Gasteiger partial charge on any atom is 0.0542 e. The van der Waals surface area contributed by atoms with Crippen molar-refractivity contribution in [2.75, 3.05) is 9.80 Å². The number of anilines is 6. The van der Waals surface area contributed by atoms with E-state index in [1.165, 1.54) is 188 Å². The Balaban J connectivity index is 0.000000109. The van der Waals surface area contributed by atoms with E-state index in [0.29, 0.717) is 0 Å². The van der Waals surface area contributed by atoms with Gasteiger partial charge < -0.3 is 19.4 Å². The third kappa shape index (κ3) is 8.36. The van der Waals surface area contributed by atoms with E-state index in [1.54, 1.807) is 22.3 Å². The highest BCUT2D eigenvalue weighted by Gasteiger charge is 2.63. The Bertz CT molecular complexity index is 5840. The van der Waals surface area contributed by atoms with Crippen LogP contribution >= 0.6 is 38.6 Å². The molecule has 8 bridgehead atoms. The predicted molar refractivity (Wildman–Crippen MR) is 422 cm³/mol. The van der Waals surface area contributed by atoms with Gasteiger partial charge in [-0.2, -0.15) is 0 Å². The predicted octanol–water partition coefficient (Wildman–Crippen LogP) is 26.3. The molecule has 2 spiro atoms. The molecule has 0 unspecified atom stereocenters. The van der Waals surface area contributed by atoms with E-state index < -0.39 is 0 Å². The van der Waals surface area contributed by atoms with Gasteiger partial charge in [-0.1, -0.05) is 162 Å². The molecule has 8 saturated carbocycles. The van der Waals surface area contributed by atoms with Gasteiger partial charge in [-0.05, 0) is 255 Å². The second-order valence-electron chi connectivity index (χ2n) is 30.6. The zero-order valence-electron chi connectivity index (χ0n) is 55.1. The molecule has 480 valence electrons. The van der Waals surface area contributed by atoms with E-state index in [2.05, 4.69) is 302 Å². The molecule has 1 N–H and O–H groups in total. The van der Waals surface area contributed by atoms with Gasteiger partial charge in [0.2, 0.25) is 0 Å². The molecule has 7 heteroatoms. The minimum absolute atomic E-state index is 0.127. The van der Waals surface area contributed by atoms with Crippen molar-refractivity contribution in [2.24, 2.45) is 47.3 Å². The number of thiophene rings is 2. The van der Waals surface area contributed by atoms with Crippen molar-refractivity contribution in [1.82, 2.24) is 9.55 Å². The lowest BCUT2D eigenvalue weighted by atomic mass is 9.41. The van der Waals surface area contributed by atoms with Crippen molar-refractivity contribution in [3.8, 4) is 5.69 Å². The quantitative estimate of drug-likeness (QED) is 0.191. The fourth-order valence-electron chi connectivity index (χ4n) is 22.7. The van der Waals surface area contributed by atoms with Crippen LogP contribution in [0.15, 0.2) is 271 Å². The van der Waals surface area contributed by atoms with Crippen molar-refractivity contribution < 1.29 is 0 Å². The molecule has 0 amide bonds. The minimum Gasteiger partial charge on any atom is -0.355 e. The first-order valence-electron chi connectivity index (χ1n) is 36.4. The zero-order chi connectivity index (χ0) is 64.8. The summed E-state index contributed by atoms with van der Waals surface area (Å²) in [5, 5.41) is 10.6. The molecule has 0 radical (unpaired) electrons. The van der Waals surface area contributed by atoms with Crippen LogP contribution in [0.25, 0.3) is 89.6 Å². The van der Waals surface area contributed by atoms with Gasteiger partial charge in [-0.3, -0.25) is 0 Å². The van der Waals surface area contributed by atoms with Crippen molar-refractivity contribution in [2.45, 2.75) is 75.0 Å². The third-order valence-corrected chi connectivity index (χ3v) is 28.6. The topological polar surface area (TPSA) is 27.2 Å². The Hall–Kier alpha value is -9.24. The number of benzene rings is 12. The van der Waals surface area contributed by atoms with E-state index in [-0.39, 0.29) is 10.8 Å². The lowest BCUT2D eigenvalue weighted by Crippen LogP contribution is -2.57. The van der Waals surface area contributed by atoms with Crippen LogP contribution in [0.3, 0.4) is 0 Å². The summed E-state index contributed by atoms with van der Waals surface area (Å²) < 4.78 is 9.03. The van der Waals surface area contributed by atoms with Crippen LogP contribution in [0.5, 0.6) is 0 Å². The molecular weight excluding hydrogens is 1310 g/mol. The minimum atomic E-state index is 0.127. The van der Waals surface area contributed by atoms with E-state index >= 15 is 0 Å². The maximum absolute atomic E-state index is 3.61. The first-order chi connectivity index (χ1) is 48.9. The van der Waals surface area contributed by atoms with Gasteiger partial charge >= 0.3 is 0 Å². The summed E-state index contributed by atoms with van der Waals surface area (Å²) in [6, 6.07) is 100. The van der Waals surface area contributed by atoms with Crippen molar-refractivity contribution in [1.29, 1.82) is 0 Å². The Morgan fingerprint density at radius 2 is 0.667 bits per heavy atom. The molecule has 6 heterocycles. The Labute approximate surface area is 593 Å². The highest BCUT2D eigenvalue weighted by Crippen LogP contribution is 2.71. The summed E-state index contributed by atoms with van der Waals surface area (Å²) in [4.78, 5) is 8.76. The SMILES string of the molecule is Brc1ccc2sc3ccccc3c2c1.c1ccc2c(c1)N(c1ccc3[nH]c4ccccc4c3c1)c1ccccc1C21C2CC3CC(C2)CC1C3.c1ccc2c(c1)N(c1ccc3c(c1)c1ccccc1n3-c1ccc3sc4ccccc4c3c1)c1ccccc1C21C2CC3CC(C2)CC1C3. The van der Waals surface area contributed by atoms with Crippen LogP contribution in [0.2, 0.25) is 0 Å². The van der Waals surface area contributed by atoms with E-state index in [0.717, 1.165) is 51.8 Å². The molecule has 8 aliphatic carbocycles. The van der Waals surface area contributed by atoms with Crippen LogP contribution in [0.1, 0.15) is 86.5 Å². The third-order valence-electron chi connectivity index (χ3n) is 25.8. The van der Waals surface area contributed by atoms with Crippen LogP contribution in [-0.4, -0.2) is 9.55 Å². The average molecular weight is 1380 g/mol. The standard InChI is InChI=1S/C46H36N2S.C34H30N2.C12H7BrS/c1-5-13-40-34(9-1)36-26-32(17-19-41(36)47(40)33-18-20-45-37(27-33)35-10-2-8-16-44(35)49-45)48-42-14-6-3-11-38(42)46(39-12-4-7-15-43(39)48)30-22-28-21-29(24-30)25-31(46)23-28;1-4-10-30-26(7-1)27-20-25(13-14-31(27)35-30)36-32-11-5-2-8-28(32)34(29-9-3-6-12-33(29)36)23-16-21-15-22(18-23)19-24(34)17-21;13-8-5-6-12-10(7-8)9-3-1-2-4-11(9)14-12/h1-20,26-31H,21-25H2;1-14,20-24,35H,15-19H2;1-7H. The van der Waals surface area contributed by atoms with Gasteiger partial charge in [0.15, 0.2) is 0 Å². The average Bonchev–Trinajstić information content (AvgIpc) is 1.62. The number of para-hydroxylation sites is 6. The molecule has 0 atom stereocenters.